The molecular formula is C48H78O43. The van der Waals surface area contributed by atoms with E-state index in [-0.39, 0.29) is 0 Å². The summed E-state index contributed by atoms with van der Waals surface area (Å²) in [6, 6.07) is 0. The molecule has 0 saturated carbocycles. The van der Waals surface area contributed by atoms with Crippen LogP contribution < -0.4 is 0 Å². The van der Waals surface area contributed by atoms with E-state index in [4.69, 9.17) is 71.1 Å². The maximum absolute atomic E-state index is 12.6. The normalized spacial score (nSPS) is 52.6. The highest BCUT2D eigenvalue weighted by Gasteiger charge is 2.60. The fourth-order valence-corrected chi connectivity index (χ4v) is 11.3. The van der Waals surface area contributed by atoms with Crippen molar-refractivity contribution in [1.29, 1.82) is 0 Å². The second kappa shape index (κ2) is 31.3. The SMILES string of the molecule is O=C(O)[C@H]1O[C@@H](O[C@H]2[C@H](O)[C@@H](O)[C@H](O[C@H]3[C@H](O)[C@@H](O)C(O)O[C@@H]3CO)O[C@@H]2C(=O)O)[C@H](O)[C@@H](O)[C@@H]1O[C@H]1O[C@H](CO[C@@H]2O[C@H](CO)[C@@H](O[C@@H]3O[C@H](CO)[C@@H](O[C@@H]4O[C@H](CO)[C@@H](O)[C@H](O[C@@H]5O[C@H](CO)[C@H](O)[C@H](O)[C@H]5O)[C@H]4O)[C@H](O)[C@H]3O)[C@H](O)[C@H]2O)[C@@H](O)[C@H](O)[C@H]1O. The van der Waals surface area contributed by atoms with Gasteiger partial charge in [-0.2, -0.15) is 0 Å². The van der Waals surface area contributed by atoms with Crippen LogP contribution in [0.15, 0.2) is 0 Å². The first-order chi connectivity index (χ1) is 42.9. The molecule has 0 aliphatic carbocycles. The van der Waals surface area contributed by atoms with Gasteiger partial charge in [-0.25, -0.2) is 9.59 Å². The average Bonchev–Trinajstić information content (AvgIpc) is 0.961. The van der Waals surface area contributed by atoms with Gasteiger partial charge in [-0.3, -0.25) is 0 Å². The fraction of sp³-hybridized carbons (Fsp3) is 0.958. The number of aliphatic hydroxyl groups excluding tert-OH is 24. The molecule has 43 nitrogen and oxygen atoms in total. The molecule has 0 spiro atoms. The Morgan fingerprint density at radius 3 is 0.934 bits per heavy atom. The molecule has 0 aromatic carbocycles. The lowest BCUT2D eigenvalue weighted by molar-refractivity contribution is -0.391. The van der Waals surface area contributed by atoms with Gasteiger partial charge in [0.2, 0.25) is 0 Å². The van der Waals surface area contributed by atoms with Crippen molar-refractivity contribution in [2.24, 2.45) is 0 Å². The van der Waals surface area contributed by atoms with Crippen LogP contribution in [0, 0.1) is 0 Å². The van der Waals surface area contributed by atoms with Gasteiger partial charge in [0.15, 0.2) is 62.5 Å². The maximum atomic E-state index is 12.6. The van der Waals surface area contributed by atoms with Crippen molar-refractivity contribution in [2.75, 3.05) is 39.6 Å². The lowest BCUT2D eigenvalue weighted by Crippen LogP contribution is -2.68. The number of carboxylic acid groups (broad SMARTS) is 2. The highest BCUT2D eigenvalue weighted by molar-refractivity contribution is 5.74. The summed E-state index contributed by atoms with van der Waals surface area (Å²) >= 11 is 0. The van der Waals surface area contributed by atoms with Gasteiger partial charge in [-0.15, -0.1) is 0 Å². The predicted molar refractivity (Wildman–Crippen MR) is 266 cm³/mol. The molecule has 0 aromatic rings. The third-order valence-electron chi connectivity index (χ3n) is 16.6. The zero-order chi connectivity index (χ0) is 67.1. The Kier molecular flexibility index (Phi) is 25.5. The Bertz CT molecular complexity index is 2300. The predicted octanol–water partition coefficient (Wildman–Crippen LogP) is -18.3. The summed E-state index contributed by atoms with van der Waals surface area (Å²) in [5.74, 6) is -4.01. The largest absolute Gasteiger partial charge is 0.479 e. The molecule has 91 heavy (non-hydrogen) atoms. The van der Waals surface area contributed by atoms with Crippen LogP contribution in [0.1, 0.15) is 0 Å². The molecule has 8 rings (SSSR count). The molecule has 1 unspecified atom stereocenters. The molecular weight excluding hydrogens is 1260 g/mol. The van der Waals surface area contributed by atoms with Crippen LogP contribution in [0.4, 0.5) is 0 Å². The fourth-order valence-electron chi connectivity index (χ4n) is 11.3. The van der Waals surface area contributed by atoms with Crippen LogP contribution >= 0.6 is 0 Å². The topological polar surface area (TPSA) is 699 Å². The van der Waals surface area contributed by atoms with Crippen LogP contribution in [-0.4, -0.2) is 430 Å². The molecule has 0 amide bonds. The smallest absolute Gasteiger partial charge is 0.335 e. The number of aliphatic hydroxyl groups is 24. The highest BCUT2D eigenvalue weighted by atomic mass is 16.8. The van der Waals surface area contributed by atoms with Crippen molar-refractivity contribution in [3.8, 4) is 0 Å². The monoisotopic (exact) mass is 1340 g/mol. The number of ether oxygens (including phenoxy) is 15. The average molecular weight is 1340 g/mol. The molecule has 0 radical (unpaired) electrons. The van der Waals surface area contributed by atoms with Gasteiger partial charge in [0.1, 0.15) is 183 Å². The molecule has 528 valence electrons. The Morgan fingerprint density at radius 2 is 0.527 bits per heavy atom. The van der Waals surface area contributed by atoms with Crippen molar-refractivity contribution in [3.05, 3.63) is 0 Å². The van der Waals surface area contributed by atoms with Crippen molar-refractivity contribution in [2.45, 2.75) is 246 Å². The first kappa shape index (κ1) is 74.2. The first-order valence-corrected chi connectivity index (χ1v) is 28.2. The van der Waals surface area contributed by atoms with E-state index in [1.807, 2.05) is 0 Å². The lowest BCUT2D eigenvalue weighted by Gasteiger charge is -2.49. The van der Waals surface area contributed by atoms with Crippen LogP contribution in [0.25, 0.3) is 0 Å². The van der Waals surface area contributed by atoms with Gasteiger partial charge in [0.25, 0.3) is 0 Å². The van der Waals surface area contributed by atoms with Gasteiger partial charge in [0, 0.05) is 0 Å². The summed E-state index contributed by atoms with van der Waals surface area (Å²) in [5, 5.41) is 276. The lowest BCUT2D eigenvalue weighted by atomic mass is 9.95. The number of carbonyl (C=O) groups is 2. The Hall–Kier alpha value is -2.62. The van der Waals surface area contributed by atoms with Crippen molar-refractivity contribution in [3.63, 3.8) is 0 Å². The summed E-state index contributed by atoms with van der Waals surface area (Å²) < 4.78 is 81.8. The molecule has 8 heterocycles. The third-order valence-corrected chi connectivity index (χ3v) is 16.6. The van der Waals surface area contributed by atoms with Gasteiger partial charge >= 0.3 is 11.9 Å². The molecule has 0 aromatic heterocycles. The Labute approximate surface area is 510 Å². The number of carboxylic acids is 2. The summed E-state index contributed by atoms with van der Waals surface area (Å²) in [4.78, 5) is 25.1. The third kappa shape index (κ3) is 15.2. The van der Waals surface area contributed by atoms with E-state index in [2.05, 4.69) is 0 Å². The van der Waals surface area contributed by atoms with Crippen molar-refractivity contribution in [1.82, 2.24) is 0 Å². The van der Waals surface area contributed by atoms with Gasteiger partial charge in [0.05, 0.1) is 39.6 Å². The van der Waals surface area contributed by atoms with Crippen LogP contribution in [-0.2, 0) is 80.6 Å². The van der Waals surface area contributed by atoms with Crippen LogP contribution in [0.5, 0.6) is 0 Å². The molecule has 43 heteroatoms. The van der Waals surface area contributed by atoms with Crippen molar-refractivity contribution < 1.29 is 213 Å². The minimum absolute atomic E-state index is 0.891. The second-order valence-corrected chi connectivity index (χ2v) is 22.5. The van der Waals surface area contributed by atoms with E-state index in [0.717, 1.165) is 0 Å². The van der Waals surface area contributed by atoms with Crippen LogP contribution in [0.3, 0.4) is 0 Å². The Morgan fingerprint density at radius 1 is 0.253 bits per heavy atom. The molecule has 0 bridgehead atoms. The minimum atomic E-state index is -2.52. The van der Waals surface area contributed by atoms with E-state index in [9.17, 15) is 142 Å². The van der Waals surface area contributed by atoms with Gasteiger partial charge in [-0.1, -0.05) is 0 Å². The summed E-state index contributed by atoms with van der Waals surface area (Å²) in [7, 11) is 0. The molecule has 8 aliphatic heterocycles. The molecule has 8 saturated heterocycles. The first-order valence-electron chi connectivity index (χ1n) is 28.2. The molecule has 8 fully saturated rings. The zero-order valence-electron chi connectivity index (χ0n) is 46.9. The molecule has 26 N–H and O–H groups in total. The summed E-state index contributed by atoms with van der Waals surface area (Å²) in [5.41, 5.74) is 0. The summed E-state index contributed by atoms with van der Waals surface area (Å²) in [6.07, 6.45) is -84.5. The summed E-state index contributed by atoms with van der Waals surface area (Å²) in [6.45, 7) is -6.09. The van der Waals surface area contributed by atoms with Crippen LogP contribution in [0.2, 0.25) is 0 Å². The molecule has 40 atom stereocenters. The quantitative estimate of drug-likeness (QED) is 0.0479. The van der Waals surface area contributed by atoms with Crippen molar-refractivity contribution >= 4 is 11.9 Å². The van der Waals surface area contributed by atoms with E-state index >= 15 is 0 Å². The van der Waals surface area contributed by atoms with E-state index in [1.165, 1.54) is 0 Å². The minimum Gasteiger partial charge on any atom is -0.479 e. The molecule has 8 aliphatic rings. The second-order valence-electron chi connectivity index (χ2n) is 22.5. The van der Waals surface area contributed by atoms with Gasteiger partial charge in [-0.05, 0) is 0 Å². The number of hydrogen-bond donors (Lipinski definition) is 26. The number of rotatable bonds is 22. The zero-order valence-corrected chi connectivity index (χ0v) is 46.9. The highest BCUT2D eigenvalue weighted by Crippen LogP contribution is 2.38. The standard InChI is InChI=1S/C48H78O43/c49-1-7-13(54)16(57)24(65)43(79-7)87-34-15(56)8(2-50)80-48(30(34)71)86-33-11(5-53)82-45(27(68)20(33)61)84-32-10(4-52)81-42(26(67)19(32)60)77-6-12-14(55)17(58)25(66)44(83-12)88-35-22(63)29(70)47(91-37(35)39(72)73)89-36-21(62)28(69)46(90-38(36)40(74)75)85-31-9(3-51)78-41(76)23(64)18(31)59/h7-38,41-71,76H,1-6H2,(H,72,73)(H,74,75)/t7-,8-,9-,10-,11-,12-,13+,14-,15-,16+,17+,18-,19-,20-,21-,22-,23-,24-,25-,26-,27-,28-,29-,30-,31-,32-,33-,34+,35+,36+,37+,38+,41?,42-,43+,44-,45+,46-,47-,48+/m1/s1. The van der Waals surface area contributed by atoms with E-state index in [1.54, 1.807) is 0 Å². The maximum Gasteiger partial charge on any atom is 0.335 e. The van der Waals surface area contributed by atoms with E-state index in [0.29, 0.717) is 0 Å². The van der Waals surface area contributed by atoms with Gasteiger partial charge < -0.3 is 204 Å². The Balaban J connectivity index is 0.869. The van der Waals surface area contributed by atoms with E-state index < -0.39 is 297 Å². The number of hydrogen-bond acceptors (Lipinski definition) is 41. The number of aliphatic carboxylic acids is 2.